The molecule has 1 atom stereocenters. The second-order valence-electron chi connectivity index (χ2n) is 4.45. The highest BCUT2D eigenvalue weighted by molar-refractivity contribution is 6.05. The number of benzene rings is 2. The largest absolute Gasteiger partial charge is 0.506 e. The van der Waals surface area contributed by atoms with Crippen molar-refractivity contribution in [2.75, 3.05) is 5.32 Å². The smallest absolute Gasteiger partial charge is 0.255 e. The summed E-state index contributed by atoms with van der Waals surface area (Å²) in [7, 11) is 0. The van der Waals surface area contributed by atoms with E-state index in [9.17, 15) is 9.90 Å². The third-order valence-corrected chi connectivity index (χ3v) is 3.00. The quantitative estimate of drug-likeness (QED) is 0.837. The van der Waals surface area contributed by atoms with Gasteiger partial charge in [-0.2, -0.15) is 5.26 Å². The summed E-state index contributed by atoms with van der Waals surface area (Å²) in [6.45, 7) is 1.76. The molecule has 100 valence electrons. The minimum absolute atomic E-state index is 0.0248. The van der Waals surface area contributed by atoms with Crippen molar-refractivity contribution in [3.05, 3.63) is 59.7 Å². The highest BCUT2D eigenvalue weighted by Gasteiger charge is 2.11. The summed E-state index contributed by atoms with van der Waals surface area (Å²) < 4.78 is 0. The van der Waals surface area contributed by atoms with E-state index in [0.717, 1.165) is 5.56 Å². The Kier molecular flexibility index (Phi) is 4.02. The number of phenols is 1. The van der Waals surface area contributed by atoms with Gasteiger partial charge in [0.05, 0.1) is 17.7 Å². The van der Waals surface area contributed by atoms with Gasteiger partial charge in [0.2, 0.25) is 0 Å². The normalized spacial score (nSPS) is 11.4. The van der Waals surface area contributed by atoms with Crippen LogP contribution in [0.4, 0.5) is 5.69 Å². The van der Waals surface area contributed by atoms with Crippen LogP contribution in [0.3, 0.4) is 0 Å². The molecule has 0 bridgehead atoms. The molecule has 4 heteroatoms. The molecule has 0 spiro atoms. The van der Waals surface area contributed by atoms with E-state index in [1.807, 2.05) is 6.07 Å². The van der Waals surface area contributed by atoms with Gasteiger partial charge in [0.1, 0.15) is 5.75 Å². The van der Waals surface area contributed by atoms with E-state index in [1.54, 1.807) is 43.3 Å². The van der Waals surface area contributed by atoms with Crippen molar-refractivity contribution in [3.8, 4) is 11.8 Å². The van der Waals surface area contributed by atoms with Crippen LogP contribution in [0, 0.1) is 11.3 Å². The number of hydrogen-bond acceptors (Lipinski definition) is 3. The summed E-state index contributed by atoms with van der Waals surface area (Å²) >= 11 is 0. The van der Waals surface area contributed by atoms with Crippen LogP contribution in [0.5, 0.6) is 5.75 Å². The lowest BCUT2D eigenvalue weighted by atomic mass is 10.0. The first-order valence-corrected chi connectivity index (χ1v) is 6.20. The first-order valence-electron chi connectivity index (χ1n) is 6.20. The molecular weight excluding hydrogens is 252 g/mol. The number of aromatic hydroxyl groups is 1. The molecule has 20 heavy (non-hydrogen) atoms. The maximum Gasteiger partial charge on any atom is 0.255 e. The molecule has 4 nitrogen and oxygen atoms in total. The number of rotatable bonds is 3. The Bertz CT molecular complexity index is 660. The molecule has 1 unspecified atom stereocenters. The lowest BCUT2D eigenvalue weighted by Crippen LogP contribution is -2.12. The number of carbonyl (C=O) groups excluding carboxylic acids is 1. The summed E-state index contributed by atoms with van der Waals surface area (Å²) in [4.78, 5) is 12.0. The van der Waals surface area contributed by atoms with Crippen LogP contribution in [0.15, 0.2) is 48.5 Å². The first kappa shape index (κ1) is 13.6. The van der Waals surface area contributed by atoms with Crippen LogP contribution in [-0.4, -0.2) is 11.0 Å². The van der Waals surface area contributed by atoms with Crippen LogP contribution >= 0.6 is 0 Å². The average Bonchev–Trinajstić information content (AvgIpc) is 2.49. The standard InChI is InChI=1S/C16H14N2O2/c1-11(10-17)13-7-8-15(19)14(9-13)18-16(20)12-5-3-2-4-6-12/h2-9,11,19H,1H3,(H,18,20). The Morgan fingerprint density at radius 3 is 2.60 bits per heavy atom. The lowest BCUT2D eigenvalue weighted by molar-refractivity contribution is 0.102. The van der Waals surface area contributed by atoms with Crippen molar-refractivity contribution in [1.82, 2.24) is 0 Å². The molecule has 0 aliphatic rings. The molecule has 0 saturated heterocycles. The molecule has 0 aliphatic heterocycles. The summed E-state index contributed by atoms with van der Waals surface area (Å²) in [5, 5.41) is 21.3. The fourth-order valence-electron chi connectivity index (χ4n) is 1.78. The van der Waals surface area contributed by atoms with Gasteiger partial charge in [-0.15, -0.1) is 0 Å². The van der Waals surface area contributed by atoms with Crippen LogP contribution in [-0.2, 0) is 0 Å². The number of carbonyl (C=O) groups is 1. The number of phenolic OH excluding ortho intramolecular Hbond substituents is 1. The molecule has 0 radical (unpaired) electrons. The number of nitrogens with one attached hydrogen (secondary N) is 1. The Hall–Kier alpha value is -2.80. The number of nitriles is 1. The van der Waals surface area contributed by atoms with E-state index in [0.29, 0.717) is 11.3 Å². The van der Waals surface area contributed by atoms with Crippen LogP contribution < -0.4 is 5.32 Å². The Morgan fingerprint density at radius 1 is 1.25 bits per heavy atom. The maximum absolute atomic E-state index is 12.0. The topological polar surface area (TPSA) is 73.1 Å². The van der Waals surface area contributed by atoms with Crippen LogP contribution in [0.2, 0.25) is 0 Å². The zero-order valence-corrected chi connectivity index (χ0v) is 11.0. The van der Waals surface area contributed by atoms with Crippen molar-refractivity contribution < 1.29 is 9.90 Å². The van der Waals surface area contributed by atoms with E-state index in [-0.39, 0.29) is 17.6 Å². The van der Waals surface area contributed by atoms with Crippen molar-refractivity contribution >= 4 is 11.6 Å². The molecule has 0 saturated carbocycles. The number of hydrogen-bond donors (Lipinski definition) is 2. The highest BCUT2D eigenvalue weighted by Crippen LogP contribution is 2.28. The second-order valence-corrected chi connectivity index (χ2v) is 4.45. The zero-order chi connectivity index (χ0) is 14.5. The zero-order valence-electron chi connectivity index (χ0n) is 11.0. The third kappa shape index (κ3) is 2.96. The summed E-state index contributed by atoms with van der Waals surface area (Å²) in [5.41, 5.74) is 1.55. The van der Waals surface area contributed by atoms with Gasteiger partial charge in [0.25, 0.3) is 5.91 Å². The summed E-state index contributed by atoms with van der Waals surface area (Å²) in [5.74, 6) is -0.631. The predicted molar refractivity (Wildman–Crippen MR) is 76.5 cm³/mol. The van der Waals surface area contributed by atoms with E-state index < -0.39 is 0 Å². The monoisotopic (exact) mass is 266 g/mol. The minimum Gasteiger partial charge on any atom is -0.506 e. The fourth-order valence-corrected chi connectivity index (χ4v) is 1.78. The predicted octanol–water partition coefficient (Wildman–Crippen LogP) is 3.27. The Morgan fingerprint density at radius 2 is 1.95 bits per heavy atom. The molecule has 2 N–H and O–H groups in total. The maximum atomic E-state index is 12.0. The van der Waals surface area contributed by atoms with Gasteiger partial charge in [-0.05, 0) is 36.8 Å². The van der Waals surface area contributed by atoms with Crippen LogP contribution in [0.1, 0.15) is 28.8 Å². The van der Waals surface area contributed by atoms with Gasteiger partial charge in [-0.25, -0.2) is 0 Å². The van der Waals surface area contributed by atoms with E-state index in [4.69, 9.17) is 5.26 Å². The van der Waals surface area contributed by atoms with Gasteiger partial charge in [0.15, 0.2) is 0 Å². The number of anilines is 1. The molecule has 0 aliphatic carbocycles. The molecule has 2 aromatic rings. The minimum atomic E-state index is -0.303. The van der Waals surface area contributed by atoms with Crippen molar-refractivity contribution in [3.63, 3.8) is 0 Å². The van der Waals surface area contributed by atoms with E-state index in [1.165, 1.54) is 6.07 Å². The van der Waals surface area contributed by atoms with Gasteiger partial charge >= 0.3 is 0 Å². The molecule has 2 aromatic carbocycles. The molecule has 0 fully saturated rings. The number of amides is 1. The average molecular weight is 266 g/mol. The first-order chi connectivity index (χ1) is 9.61. The summed E-state index contributed by atoms with van der Waals surface area (Å²) in [6, 6.07) is 15.6. The Balaban J connectivity index is 2.25. The Labute approximate surface area is 117 Å². The van der Waals surface area contributed by atoms with Gasteiger partial charge in [-0.3, -0.25) is 4.79 Å². The highest BCUT2D eigenvalue weighted by atomic mass is 16.3. The number of nitrogens with zero attached hydrogens (tertiary/aromatic N) is 1. The van der Waals surface area contributed by atoms with Gasteiger partial charge in [-0.1, -0.05) is 24.3 Å². The van der Waals surface area contributed by atoms with E-state index in [2.05, 4.69) is 11.4 Å². The van der Waals surface area contributed by atoms with E-state index >= 15 is 0 Å². The SMILES string of the molecule is CC(C#N)c1ccc(O)c(NC(=O)c2ccccc2)c1. The van der Waals surface area contributed by atoms with Crippen LogP contribution in [0.25, 0.3) is 0 Å². The van der Waals surface area contributed by atoms with Crippen molar-refractivity contribution in [2.45, 2.75) is 12.8 Å². The molecule has 0 aromatic heterocycles. The molecule has 0 heterocycles. The second kappa shape index (κ2) is 5.89. The third-order valence-electron chi connectivity index (χ3n) is 3.00. The lowest BCUT2D eigenvalue weighted by Gasteiger charge is -2.10. The van der Waals surface area contributed by atoms with Gasteiger partial charge in [0, 0.05) is 5.56 Å². The fraction of sp³-hybridized carbons (Fsp3) is 0.125. The van der Waals surface area contributed by atoms with Crippen molar-refractivity contribution in [2.24, 2.45) is 0 Å². The molecule has 2 rings (SSSR count). The van der Waals surface area contributed by atoms with Gasteiger partial charge < -0.3 is 10.4 Å². The summed E-state index contributed by atoms with van der Waals surface area (Å²) in [6.07, 6.45) is 0. The molecule has 1 amide bonds. The van der Waals surface area contributed by atoms with Crippen molar-refractivity contribution in [1.29, 1.82) is 5.26 Å². The molecular formula is C16H14N2O2.